The molecule has 0 spiro atoms. The van der Waals surface area contributed by atoms with Gasteiger partial charge >= 0.3 is 6.09 Å². The first kappa shape index (κ1) is 28.4. The Balaban J connectivity index is 1.62. The zero-order valence-electron chi connectivity index (χ0n) is 21.8. The third-order valence-electron chi connectivity index (χ3n) is 5.54. The number of benzene rings is 3. The standard InChI is InChI=1S/C29H26F2N4O4S/c1-29(2,3)39-28(37)35-25-13-8-20(18-4-9-21(30)10-5-18)14-26(25)34-27(36)19-6-11-23(12-7-19)40(32,38)24-15-22(31)16-33-17-24/h4-17,32H,1-3H3,(H,34,36)(H,35,37). The van der Waals surface area contributed by atoms with Crippen molar-refractivity contribution in [2.24, 2.45) is 0 Å². The number of carbonyl (C=O) groups is 2. The Morgan fingerprint density at radius 3 is 2.08 bits per heavy atom. The van der Waals surface area contributed by atoms with Crippen molar-refractivity contribution in [3.63, 3.8) is 0 Å². The minimum Gasteiger partial charge on any atom is -0.444 e. The molecule has 0 radical (unpaired) electrons. The van der Waals surface area contributed by atoms with E-state index in [9.17, 15) is 22.6 Å². The second-order valence-electron chi connectivity index (χ2n) is 9.77. The monoisotopic (exact) mass is 564 g/mol. The number of halogens is 2. The molecule has 3 aromatic carbocycles. The fourth-order valence-electron chi connectivity index (χ4n) is 3.67. The third-order valence-corrected chi connectivity index (χ3v) is 7.36. The number of nitrogens with one attached hydrogen (secondary N) is 3. The molecule has 0 bridgehead atoms. The molecule has 1 aromatic heterocycles. The molecule has 4 rings (SSSR count). The Kier molecular flexibility index (Phi) is 7.96. The number of anilines is 2. The minimum absolute atomic E-state index is 0.0713. The lowest BCUT2D eigenvalue weighted by molar-refractivity contribution is 0.0635. The van der Waals surface area contributed by atoms with Gasteiger partial charge in [-0.05, 0) is 86.5 Å². The van der Waals surface area contributed by atoms with Crippen LogP contribution in [0.5, 0.6) is 0 Å². The van der Waals surface area contributed by atoms with E-state index in [1.165, 1.54) is 36.4 Å². The predicted molar refractivity (Wildman–Crippen MR) is 148 cm³/mol. The summed E-state index contributed by atoms with van der Waals surface area (Å²) in [5.74, 6) is -1.67. The molecule has 0 aliphatic rings. The summed E-state index contributed by atoms with van der Waals surface area (Å²) in [6, 6.07) is 17.2. The molecule has 0 saturated carbocycles. The molecule has 1 atom stereocenters. The van der Waals surface area contributed by atoms with E-state index in [2.05, 4.69) is 15.6 Å². The molecule has 1 heterocycles. The molecule has 3 N–H and O–H groups in total. The molecule has 11 heteroatoms. The molecular formula is C29H26F2N4O4S. The minimum atomic E-state index is -3.56. The van der Waals surface area contributed by atoms with Gasteiger partial charge in [0.05, 0.1) is 27.4 Å². The molecule has 0 saturated heterocycles. The maximum Gasteiger partial charge on any atom is 0.412 e. The molecule has 8 nitrogen and oxygen atoms in total. The van der Waals surface area contributed by atoms with Gasteiger partial charge in [0, 0.05) is 11.8 Å². The van der Waals surface area contributed by atoms with Gasteiger partial charge in [-0.15, -0.1) is 0 Å². The van der Waals surface area contributed by atoms with Crippen molar-refractivity contribution in [3.05, 3.63) is 102 Å². The summed E-state index contributed by atoms with van der Waals surface area (Å²) in [6.07, 6.45) is 1.38. The van der Waals surface area contributed by atoms with Gasteiger partial charge in [-0.3, -0.25) is 15.1 Å². The zero-order chi connectivity index (χ0) is 29.1. The Morgan fingerprint density at radius 1 is 0.800 bits per heavy atom. The lowest BCUT2D eigenvalue weighted by Gasteiger charge is -2.21. The topological polar surface area (TPSA) is 121 Å². The number of rotatable bonds is 6. The maximum absolute atomic E-state index is 13.6. The highest BCUT2D eigenvalue weighted by molar-refractivity contribution is 7.92. The Labute approximate surface area is 230 Å². The van der Waals surface area contributed by atoms with Gasteiger partial charge in [0.2, 0.25) is 0 Å². The van der Waals surface area contributed by atoms with E-state index in [0.717, 1.165) is 18.5 Å². The molecule has 0 aliphatic heterocycles. The number of amides is 2. The van der Waals surface area contributed by atoms with Crippen molar-refractivity contribution in [2.75, 3.05) is 10.6 Å². The Bertz CT molecular complexity index is 1670. The van der Waals surface area contributed by atoms with Crippen molar-refractivity contribution >= 4 is 33.1 Å². The molecular weight excluding hydrogens is 538 g/mol. The number of hydrogen-bond donors (Lipinski definition) is 3. The number of nitrogens with zero attached hydrogens (tertiary/aromatic N) is 1. The van der Waals surface area contributed by atoms with Gasteiger partial charge in [-0.1, -0.05) is 18.2 Å². The van der Waals surface area contributed by atoms with Gasteiger partial charge in [-0.2, -0.15) is 0 Å². The molecule has 0 aliphatic carbocycles. The van der Waals surface area contributed by atoms with Crippen LogP contribution in [0.2, 0.25) is 0 Å². The second kappa shape index (κ2) is 11.2. The molecule has 0 fully saturated rings. The van der Waals surface area contributed by atoms with Crippen LogP contribution in [0, 0.1) is 16.4 Å². The van der Waals surface area contributed by atoms with Crippen LogP contribution in [-0.2, 0) is 14.5 Å². The predicted octanol–water partition coefficient (Wildman–Crippen LogP) is 7.09. The van der Waals surface area contributed by atoms with Gasteiger partial charge < -0.3 is 10.1 Å². The summed E-state index contributed by atoms with van der Waals surface area (Å²) in [7, 11) is -3.56. The largest absolute Gasteiger partial charge is 0.444 e. The summed E-state index contributed by atoms with van der Waals surface area (Å²) in [6.45, 7) is 5.16. The van der Waals surface area contributed by atoms with Gasteiger partial charge in [0.15, 0.2) is 0 Å². The lowest BCUT2D eigenvalue weighted by atomic mass is 10.0. The van der Waals surface area contributed by atoms with E-state index in [1.54, 1.807) is 51.1 Å². The molecule has 1 unspecified atom stereocenters. The fraction of sp³-hybridized carbons (Fsp3) is 0.138. The first-order valence-corrected chi connectivity index (χ1v) is 13.6. The fourth-order valence-corrected chi connectivity index (χ4v) is 4.95. The first-order chi connectivity index (χ1) is 18.8. The van der Waals surface area contributed by atoms with Crippen molar-refractivity contribution in [2.45, 2.75) is 36.2 Å². The molecule has 40 heavy (non-hydrogen) atoms. The summed E-state index contributed by atoms with van der Waals surface area (Å²) in [4.78, 5) is 29.2. The van der Waals surface area contributed by atoms with Crippen molar-refractivity contribution in [1.29, 1.82) is 4.78 Å². The smallest absolute Gasteiger partial charge is 0.412 e. The SMILES string of the molecule is CC(C)(C)OC(=O)Nc1ccc(-c2ccc(F)cc2)cc1NC(=O)c1ccc(S(=N)(=O)c2cncc(F)c2)cc1. The van der Waals surface area contributed by atoms with Crippen LogP contribution in [0.15, 0.2) is 95.0 Å². The molecule has 2 amide bonds. The summed E-state index contributed by atoms with van der Waals surface area (Å²) in [5.41, 5.74) is 1.27. The highest BCUT2D eigenvalue weighted by atomic mass is 32.2. The number of carbonyl (C=O) groups excluding carboxylic acids is 2. The summed E-state index contributed by atoms with van der Waals surface area (Å²) in [5, 5.41) is 5.38. The Hall–Kier alpha value is -4.64. The van der Waals surface area contributed by atoms with E-state index >= 15 is 0 Å². The summed E-state index contributed by atoms with van der Waals surface area (Å²) >= 11 is 0. The van der Waals surface area contributed by atoms with E-state index in [4.69, 9.17) is 9.52 Å². The van der Waals surface area contributed by atoms with E-state index in [-0.39, 0.29) is 26.7 Å². The average molecular weight is 565 g/mol. The Morgan fingerprint density at radius 2 is 1.45 bits per heavy atom. The highest BCUT2D eigenvalue weighted by Gasteiger charge is 2.20. The van der Waals surface area contributed by atoms with Crippen LogP contribution >= 0.6 is 0 Å². The number of hydrogen-bond acceptors (Lipinski definition) is 6. The van der Waals surface area contributed by atoms with Crippen molar-refractivity contribution in [3.8, 4) is 11.1 Å². The number of aromatic nitrogens is 1. The number of ether oxygens (including phenoxy) is 1. The van der Waals surface area contributed by atoms with Gasteiger partial charge in [0.1, 0.15) is 27.0 Å². The van der Waals surface area contributed by atoms with Crippen LogP contribution < -0.4 is 10.6 Å². The quantitative estimate of drug-likeness (QED) is 0.231. The van der Waals surface area contributed by atoms with Gasteiger partial charge in [0.25, 0.3) is 5.91 Å². The molecule has 4 aromatic rings. The van der Waals surface area contributed by atoms with Crippen LogP contribution in [0.1, 0.15) is 31.1 Å². The third kappa shape index (κ3) is 6.86. The van der Waals surface area contributed by atoms with E-state index in [1.807, 2.05) is 0 Å². The maximum atomic E-state index is 13.6. The van der Waals surface area contributed by atoms with Crippen molar-refractivity contribution in [1.82, 2.24) is 4.98 Å². The van der Waals surface area contributed by atoms with Crippen LogP contribution in [0.3, 0.4) is 0 Å². The van der Waals surface area contributed by atoms with E-state index in [0.29, 0.717) is 11.1 Å². The summed E-state index contributed by atoms with van der Waals surface area (Å²) < 4.78 is 53.6. The zero-order valence-corrected chi connectivity index (χ0v) is 22.6. The van der Waals surface area contributed by atoms with Gasteiger partial charge in [-0.25, -0.2) is 22.6 Å². The lowest BCUT2D eigenvalue weighted by Crippen LogP contribution is -2.27. The van der Waals surface area contributed by atoms with Crippen LogP contribution in [-0.4, -0.2) is 26.8 Å². The van der Waals surface area contributed by atoms with Crippen LogP contribution in [0.4, 0.5) is 25.0 Å². The van der Waals surface area contributed by atoms with Crippen molar-refractivity contribution < 1.29 is 27.3 Å². The first-order valence-electron chi connectivity index (χ1n) is 12.0. The average Bonchev–Trinajstić information content (AvgIpc) is 2.89. The van der Waals surface area contributed by atoms with E-state index < -0.39 is 39.0 Å². The number of pyridine rings is 1. The molecule has 206 valence electrons. The van der Waals surface area contributed by atoms with Crippen LogP contribution in [0.25, 0.3) is 11.1 Å². The normalized spacial score (nSPS) is 12.7. The highest BCUT2D eigenvalue weighted by Crippen LogP contribution is 2.31. The second-order valence-corrected chi connectivity index (χ2v) is 11.8.